The van der Waals surface area contributed by atoms with Crippen LogP contribution in [0.3, 0.4) is 0 Å². The first kappa shape index (κ1) is 17.0. The maximum atomic E-state index is 11.8. The summed E-state index contributed by atoms with van der Waals surface area (Å²) in [6.45, 7) is 0. The van der Waals surface area contributed by atoms with Crippen molar-refractivity contribution in [2.45, 2.75) is 6.42 Å². The number of halogens is 3. The second kappa shape index (κ2) is 7.76. The molecule has 4 nitrogen and oxygen atoms in total. The molecule has 2 rings (SSSR count). The highest BCUT2D eigenvalue weighted by Gasteiger charge is 2.05. The van der Waals surface area contributed by atoms with Crippen molar-refractivity contribution < 1.29 is 9.90 Å². The molecule has 2 aromatic carbocycles. The van der Waals surface area contributed by atoms with Gasteiger partial charge in [-0.2, -0.15) is 5.10 Å². The Morgan fingerprint density at radius 3 is 2.59 bits per heavy atom. The lowest BCUT2D eigenvalue weighted by atomic mass is 10.1. The molecule has 7 heteroatoms. The molecule has 0 saturated carbocycles. The maximum absolute atomic E-state index is 11.8. The molecule has 0 aliphatic carbocycles. The van der Waals surface area contributed by atoms with E-state index in [9.17, 15) is 9.90 Å². The molecular weight excluding hydrogens is 435 g/mol. The number of hydrogen-bond donors (Lipinski definition) is 2. The Hall–Kier alpha value is -1.37. The third-order valence-electron chi connectivity index (χ3n) is 2.70. The van der Waals surface area contributed by atoms with Crippen LogP contribution in [0.15, 0.2) is 50.4 Å². The van der Waals surface area contributed by atoms with Crippen LogP contribution in [-0.2, 0) is 11.2 Å². The van der Waals surface area contributed by atoms with Crippen molar-refractivity contribution in [1.29, 1.82) is 0 Å². The number of nitrogens with one attached hydrogen (secondary N) is 1. The van der Waals surface area contributed by atoms with E-state index in [0.717, 1.165) is 11.1 Å². The van der Waals surface area contributed by atoms with E-state index in [0.29, 0.717) is 14.0 Å². The summed E-state index contributed by atoms with van der Waals surface area (Å²) < 4.78 is 1.07. The molecule has 0 aromatic heterocycles. The van der Waals surface area contributed by atoms with Crippen molar-refractivity contribution in [3.63, 3.8) is 0 Å². The van der Waals surface area contributed by atoms with E-state index in [1.165, 1.54) is 6.21 Å². The number of phenols is 1. The molecule has 0 radical (unpaired) electrons. The van der Waals surface area contributed by atoms with Crippen molar-refractivity contribution in [1.82, 2.24) is 5.43 Å². The lowest BCUT2D eigenvalue weighted by Gasteiger charge is -2.03. The van der Waals surface area contributed by atoms with Crippen molar-refractivity contribution in [3.05, 3.63) is 61.5 Å². The number of nitrogens with zero attached hydrogens (tertiary/aromatic N) is 1. The van der Waals surface area contributed by atoms with Crippen LogP contribution in [0.1, 0.15) is 11.1 Å². The van der Waals surface area contributed by atoms with Crippen molar-refractivity contribution in [2.24, 2.45) is 5.10 Å². The van der Waals surface area contributed by atoms with Crippen LogP contribution in [0.4, 0.5) is 0 Å². The van der Waals surface area contributed by atoms with Crippen LogP contribution in [0.25, 0.3) is 0 Å². The molecule has 1 amide bonds. The molecular formula is C15H11Br2ClN2O2. The van der Waals surface area contributed by atoms with Crippen LogP contribution in [0.5, 0.6) is 5.75 Å². The number of carbonyl (C=O) groups is 1. The van der Waals surface area contributed by atoms with E-state index in [1.54, 1.807) is 30.3 Å². The Morgan fingerprint density at radius 1 is 1.27 bits per heavy atom. The average molecular weight is 447 g/mol. The number of hydrazone groups is 1. The highest BCUT2D eigenvalue weighted by molar-refractivity contribution is 9.11. The Balaban J connectivity index is 1.96. The van der Waals surface area contributed by atoms with Gasteiger partial charge in [0.25, 0.3) is 0 Å². The van der Waals surface area contributed by atoms with Crippen LogP contribution in [0.2, 0.25) is 5.02 Å². The summed E-state index contributed by atoms with van der Waals surface area (Å²) in [6, 6.07) is 10.5. The smallest absolute Gasteiger partial charge is 0.244 e. The summed E-state index contributed by atoms with van der Waals surface area (Å²) in [7, 11) is 0. The number of carbonyl (C=O) groups excluding carboxylic acids is 1. The van der Waals surface area contributed by atoms with Gasteiger partial charge in [0.05, 0.1) is 21.6 Å². The van der Waals surface area contributed by atoms with Gasteiger partial charge in [-0.25, -0.2) is 5.43 Å². The van der Waals surface area contributed by atoms with Gasteiger partial charge in [0, 0.05) is 5.02 Å². The van der Waals surface area contributed by atoms with Gasteiger partial charge in [0.1, 0.15) is 5.75 Å². The summed E-state index contributed by atoms with van der Waals surface area (Å²) in [4.78, 5) is 11.8. The average Bonchev–Trinajstić information content (AvgIpc) is 2.44. The van der Waals surface area contributed by atoms with Gasteiger partial charge in [-0.15, -0.1) is 0 Å². The minimum atomic E-state index is -0.240. The van der Waals surface area contributed by atoms with Crippen molar-refractivity contribution in [2.75, 3.05) is 0 Å². The standard InChI is InChI=1S/C15H11Br2ClN2O2/c16-12-5-10(6-13(17)15(12)22)8-19-20-14(21)7-9-2-1-3-11(18)4-9/h1-6,8,22H,7H2,(H,20,21). The largest absolute Gasteiger partial charge is 0.506 e. The van der Waals surface area contributed by atoms with E-state index in [4.69, 9.17) is 11.6 Å². The fraction of sp³-hybridized carbons (Fsp3) is 0.0667. The molecule has 22 heavy (non-hydrogen) atoms. The van der Waals surface area contributed by atoms with E-state index < -0.39 is 0 Å². The Kier molecular flexibility index (Phi) is 5.99. The van der Waals surface area contributed by atoms with Crippen molar-refractivity contribution in [3.8, 4) is 5.75 Å². The van der Waals surface area contributed by atoms with Crippen LogP contribution >= 0.6 is 43.5 Å². The molecule has 0 bridgehead atoms. The van der Waals surface area contributed by atoms with Gasteiger partial charge in [0.15, 0.2) is 0 Å². The Bertz CT molecular complexity index is 712. The summed E-state index contributed by atoms with van der Waals surface area (Å²) in [5, 5.41) is 14.1. The zero-order valence-corrected chi connectivity index (χ0v) is 15.1. The number of hydrogen-bond acceptors (Lipinski definition) is 3. The summed E-state index contributed by atoms with van der Waals surface area (Å²) in [5.41, 5.74) is 3.98. The first-order valence-corrected chi connectivity index (χ1v) is 8.16. The predicted molar refractivity (Wildman–Crippen MR) is 94.4 cm³/mol. The third kappa shape index (κ3) is 4.83. The highest BCUT2D eigenvalue weighted by Crippen LogP contribution is 2.32. The molecule has 0 atom stereocenters. The molecule has 0 aliphatic heterocycles. The summed E-state index contributed by atoms with van der Waals surface area (Å²) in [6.07, 6.45) is 1.69. The minimum absolute atomic E-state index is 0.113. The number of rotatable bonds is 4. The summed E-state index contributed by atoms with van der Waals surface area (Å²) >= 11 is 12.3. The molecule has 114 valence electrons. The van der Waals surface area contributed by atoms with Gasteiger partial charge in [-0.3, -0.25) is 4.79 Å². The lowest BCUT2D eigenvalue weighted by molar-refractivity contribution is -0.120. The Labute approximate surface area is 149 Å². The van der Waals surface area contributed by atoms with Gasteiger partial charge >= 0.3 is 0 Å². The first-order chi connectivity index (χ1) is 10.5. The zero-order valence-electron chi connectivity index (χ0n) is 11.2. The first-order valence-electron chi connectivity index (χ1n) is 6.20. The zero-order chi connectivity index (χ0) is 16.1. The van der Waals surface area contributed by atoms with Gasteiger partial charge in [-0.1, -0.05) is 23.7 Å². The summed E-state index contributed by atoms with van der Waals surface area (Å²) in [5.74, 6) is -0.127. The molecule has 2 N–H and O–H groups in total. The van der Waals surface area contributed by atoms with E-state index >= 15 is 0 Å². The fourth-order valence-corrected chi connectivity index (χ4v) is 3.15. The van der Waals surface area contributed by atoms with Crippen LogP contribution < -0.4 is 5.43 Å². The van der Waals surface area contributed by atoms with Gasteiger partial charge < -0.3 is 5.11 Å². The Morgan fingerprint density at radius 2 is 1.95 bits per heavy atom. The minimum Gasteiger partial charge on any atom is -0.506 e. The maximum Gasteiger partial charge on any atom is 0.244 e. The normalized spacial score (nSPS) is 10.9. The SMILES string of the molecule is O=C(Cc1cccc(Cl)c1)NN=Cc1cc(Br)c(O)c(Br)c1. The predicted octanol–water partition coefficient (Wildman–Crippen LogP) is 4.26. The third-order valence-corrected chi connectivity index (χ3v) is 4.14. The quantitative estimate of drug-likeness (QED) is 0.545. The molecule has 0 heterocycles. The van der Waals surface area contributed by atoms with E-state index in [2.05, 4.69) is 42.4 Å². The fourth-order valence-electron chi connectivity index (χ4n) is 1.71. The molecule has 0 saturated heterocycles. The monoisotopic (exact) mass is 444 g/mol. The van der Waals surface area contributed by atoms with E-state index in [1.807, 2.05) is 6.07 Å². The molecule has 0 unspecified atom stereocenters. The molecule has 0 aliphatic rings. The van der Waals surface area contributed by atoms with Gasteiger partial charge in [0.2, 0.25) is 5.91 Å². The lowest BCUT2D eigenvalue weighted by Crippen LogP contribution is -2.19. The second-order valence-electron chi connectivity index (χ2n) is 4.43. The van der Waals surface area contributed by atoms with Crippen molar-refractivity contribution >= 4 is 55.6 Å². The topological polar surface area (TPSA) is 61.7 Å². The van der Waals surface area contributed by atoms with E-state index in [-0.39, 0.29) is 18.1 Å². The number of benzene rings is 2. The molecule has 2 aromatic rings. The number of phenolic OH excluding ortho intramolecular Hbond substituents is 1. The number of amides is 1. The van der Waals surface area contributed by atoms with Crippen LogP contribution in [-0.4, -0.2) is 17.2 Å². The molecule has 0 spiro atoms. The number of aromatic hydroxyl groups is 1. The second-order valence-corrected chi connectivity index (χ2v) is 6.58. The van der Waals surface area contributed by atoms with Gasteiger partial charge in [-0.05, 0) is 67.3 Å². The highest BCUT2D eigenvalue weighted by atomic mass is 79.9. The molecule has 0 fully saturated rings. The van der Waals surface area contributed by atoms with Crippen LogP contribution in [0, 0.1) is 0 Å².